The molecule has 0 radical (unpaired) electrons. The quantitative estimate of drug-likeness (QED) is 0.217. The van der Waals surface area contributed by atoms with Crippen LogP contribution in [0.25, 0.3) is 11.0 Å². The molecule has 5 N–H and O–H groups in total. The van der Waals surface area contributed by atoms with Crippen molar-refractivity contribution in [1.29, 1.82) is 0 Å². The topological polar surface area (TPSA) is 172 Å². The van der Waals surface area contributed by atoms with E-state index in [0.29, 0.717) is 10.9 Å². The molecule has 0 bridgehead atoms. The van der Waals surface area contributed by atoms with E-state index >= 15 is 0 Å². The third-order valence-electron chi connectivity index (χ3n) is 5.27. The zero-order valence-electron chi connectivity index (χ0n) is 17.7. The van der Waals surface area contributed by atoms with Crippen LogP contribution in [0, 0.1) is 5.82 Å². The van der Waals surface area contributed by atoms with Crippen molar-refractivity contribution in [2.24, 2.45) is 0 Å². The number of anilines is 1. The van der Waals surface area contributed by atoms with Crippen LogP contribution in [0.2, 0.25) is 5.28 Å². The van der Waals surface area contributed by atoms with Crippen LogP contribution in [0.1, 0.15) is 24.8 Å². The summed E-state index contributed by atoms with van der Waals surface area (Å²) in [4.78, 5) is 26.1. The highest BCUT2D eigenvalue weighted by Gasteiger charge is 2.45. The van der Waals surface area contributed by atoms with Crippen molar-refractivity contribution in [2.75, 3.05) is 18.3 Å². The first kappa shape index (κ1) is 24.9. The second-order valence-corrected chi connectivity index (χ2v) is 9.69. The molecule has 3 heterocycles. The lowest BCUT2D eigenvalue weighted by molar-refractivity contribution is -0.0658. The van der Waals surface area contributed by atoms with Gasteiger partial charge in [-0.15, -0.1) is 0 Å². The minimum absolute atomic E-state index is 0.146. The Balaban J connectivity index is 1.58. The summed E-state index contributed by atoms with van der Waals surface area (Å²) in [6.07, 6.45) is -4.60. The van der Waals surface area contributed by atoms with Gasteiger partial charge in [-0.1, -0.05) is 18.2 Å². The number of aliphatic hydroxyl groups is 2. The van der Waals surface area contributed by atoms with Gasteiger partial charge in [0.2, 0.25) is 5.28 Å². The summed E-state index contributed by atoms with van der Waals surface area (Å²) < 4.78 is 36.9. The Morgan fingerprint density at radius 3 is 2.74 bits per heavy atom. The molecule has 0 saturated carbocycles. The molecule has 1 unspecified atom stereocenters. The number of aliphatic hydroxyl groups excluding tert-OH is 2. The summed E-state index contributed by atoms with van der Waals surface area (Å²) in [5.41, 5.74) is 0.588. The molecule has 15 heteroatoms. The summed E-state index contributed by atoms with van der Waals surface area (Å²) in [6.45, 7) is 1.37. The standard InChI is InChI=1S/C19H22ClFN5O7P/c1-9(10-4-2-3-5-12(10)21)23-16-11-6-22-26(17(11)25-19(20)24-16)18-15(28)14(27)13(33-18)7-32-8-34(29,30)31/h2-6,9,13-15,18,27-28H,7-8H2,1H3,(H,23,24,25)(H2,29,30,31)/t9?,13-,14-,15-,18-/m1/s1. The number of rotatable bonds is 8. The fourth-order valence-corrected chi connectivity index (χ4v) is 4.17. The van der Waals surface area contributed by atoms with Crippen LogP contribution in [-0.2, 0) is 14.0 Å². The number of fused-ring (bicyclic) bond motifs is 1. The summed E-state index contributed by atoms with van der Waals surface area (Å²) in [5.74, 6) is -0.121. The number of halogens is 2. The largest absolute Gasteiger partial charge is 0.387 e. The van der Waals surface area contributed by atoms with Crippen LogP contribution in [-0.4, -0.2) is 71.0 Å². The highest BCUT2D eigenvalue weighted by molar-refractivity contribution is 7.51. The van der Waals surface area contributed by atoms with Gasteiger partial charge in [-0.2, -0.15) is 15.1 Å². The SMILES string of the molecule is CC(Nc1nc(Cl)nc2c1cnn2[C@@H]1O[C@H](COCP(=O)(O)O)[C@@H](O)[C@H]1O)c1ccccc1F. The summed E-state index contributed by atoms with van der Waals surface area (Å²) in [7, 11) is -4.40. The first-order valence-corrected chi connectivity index (χ1v) is 12.3. The van der Waals surface area contributed by atoms with E-state index in [-0.39, 0.29) is 23.4 Å². The lowest BCUT2D eigenvalue weighted by Gasteiger charge is -2.18. The molecule has 0 amide bonds. The molecule has 184 valence electrons. The molecule has 1 saturated heterocycles. The average molecular weight is 518 g/mol. The molecule has 5 atom stereocenters. The van der Waals surface area contributed by atoms with Gasteiger partial charge in [0.05, 0.1) is 24.2 Å². The van der Waals surface area contributed by atoms with Crippen LogP contribution in [0.5, 0.6) is 0 Å². The van der Waals surface area contributed by atoms with Crippen molar-refractivity contribution in [3.8, 4) is 0 Å². The molecule has 1 aliphatic rings. The fraction of sp³-hybridized carbons (Fsp3) is 0.421. The number of benzene rings is 1. The number of hydrogen-bond acceptors (Lipinski definition) is 9. The van der Waals surface area contributed by atoms with Gasteiger partial charge in [0.1, 0.15) is 36.3 Å². The predicted octanol–water partition coefficient (Wildman–Crippen LogP) is 1.56. The van der Waals surface area contributed by atoms with Crippen molar-refractivity contribution in [3.63, 3.8) is 0 Å². The van der Waals surface area contributed by atoms with Crippen LogP contribution in [0.4, 0.5) is 10.2 Å². The zero-order chi connectivity index (χ0) is 24.6. The molecule has 1 aromatic carbocycles. The van der Waals surface area contributed by atoms with Crippen molar-refractivity contribution in [2.45, 2.75) is 37.5 Å². The zero-order valence-corrected chi connectivity index (χ0v) is 19.3. The van der Waals surface area contributed by atoms with Gasteiger partial charge in [-0.3, -0.25) is 4.57 Å². The first-order chi connectivity index (χ1) is 16.0. The van der Waals surface area contributed by atoms with Crippen molar-refractivity contribution < 1.29 is 38.4 Å². The third kappa shape index (κ3) is 5.21. The molecule has 34 heavy (non-hydrogen) atoms. The van der Waals surface area contributed by atoms with E-state index in [1.165, 1.54) is 16.9 Å². The molecule has 4 rings (SSSR count). The van der Waals surface area contributed by atoms with E-state index in [9.17, 15) is 19.2 Å². The monoisotopic (exact) mass is 517 g/mol. The van der Waals surface area contributed by atoms with E-state index in [1.54, 1.807) is 25.1 Å². The number of nitrogens with one attached hydrogen (secondary N) is 1. The highest BCUT2D eigenvalue weighted by Crippen LogP contribution is 2.36. The number of aromatic nitrogens is 4. The Morgan fingerprint density at radius 2 is 2.03 bits per heavy atom. The van der Waals surface area contributed by atoms with Gasteiger partial charge < -0.3 is 34.8 Å². The highest BCUT2D eigenvalue weighted by atomic mass is 35.5. The second-order valence-electron chi connectivity index (χ2n) is 7.77. The van der Waals surface area contributed by atoms with Gasteiger partial charge in [-0.25, -0.2) is 9.07 Å². The summed E-state index contributed by atoms with van der Waals surface area (Å²) in [6, 6.07) is 5.79. The van der Waals surface area contributed by atoms with E-state index < -0.39 is 50.3 Å². The molecule has 0 aliphatic carbocycles. The van der Waals surface area contributed by atoms with Crippen LogP contribution < -0.4 is 5.32 Å². The normalized spacial score (nSPS) is 24.0. The third-order valence-corrected chi connectivity index (χ3v) is 5.96. The van der Waals surface area contributed by atoms with Crippen LogP contribution in [0.15, 0.2) is 30.5 Å². The maximum atomic E-state index is 14.2. The molecule has 0 spiro atoms. The number of hydrogen-bond donors (Lipinski definition) is 5. The first-order valence-electron chi connectivity index (χ1n) is 10.1. The lowest BCUT2D eigenvalue weighted by Crippen LogP contribution is -2.34. The molecule has 2 aromatic heterocycles. The molecule has 12 nitrogen and oxygen atoms in total. The molecular weight excluding hydrogens is 496 g/mol. The van der Waals surface area contributed by atoms with Gasteiger partial charge in [0.25, 0.3) is 0 Å². The predicted molar refractivity (Wildman–Crippen MR) is 118 cm³/mol. The minimum atomic E-state index is -4.40. The number of ether oxygens (including phenoxy) is 2. The van der Waals surface area contributed by atoms with E-state index in [4.69, 9.17) is 30.9 Å². The Bertz CT molecular complexity index is 1230. The van der Waals surface area contributed by atoms with E-state index in [2.05, 4.69) is 20.4 Å². The van der Waals surface area contributed by atoms with Gasteiger partial charge >= 0.3 is 7.60 Å². The Kier molecular flexibility index (Phi) is 7.17. The lowest BCUT2D eigenvalue weighted by atomic mass is 10.1. The van der Waals surface area contributed by atoms with Crippen LogP contribution >= 0.6 is 19.2 Å². The molecule has 3 aromatic rings. The Labute approximate surface area is 197 Å². The Morgan fingerprint density at radius 1 is 1.29 bits per heavy atom. The Hall–Kier alpha value is -2.22. The van der Waals surface area contributed by atoms with E-state index in [1.807, 2.05) is 0 Å². The van der Waals surface area contributed by atoms with Gasteiger partial charge in [-0.05, 0) is 24.6 Å². The second kappa shape index (κ2) is 9.80. The smallest absolute Gasteiger partial charge is 0.350 e. The van der Waals surface area contributed by atoms with Gasteiger partial charge in [0, 0.05) is 5.56 Å². The van der Waals surface area contributed by atoms with Crippen molar-refractivity contribution >= 4 is 36.0 Å². The molecule has 1 aliphatic heterocycles. The van der Waals surface area contributed by atoms with Gasteiger partial charge in [0.15, 0.2) is 11.9 Å². The molecular formula is C19H22ClFN5O7P. The van der Waals surface area contributed by atoms with Crippen molar-refractivity contribution in [1.82, 2.24) is 19.7 Å². The fourth-order valence-electron chi connectivity index (χ4n) is 3.66. The maximum absolute atomic E-state index is 14.2. The maximum Gasteiger partial charge on any atom is 0.350 e. The van der Waals surface area contributed by atoms with E-state index in [0.717, 1.165) is 0 Å². The molecule has 1 fully saturated rings. The summed E-state index contributed by atoms with van der Waals surface area (Å²) in [5, 5.41) is 28.3. The van der Waals surface area contributed by atoms with Crippen LogP contribution in [0.3, 0.4) is 0 Å². The number of nitrogens with zero attached hydrogens (tertiary/aromatic N) is 4. The minimum Gasteiger partial charge on any atom is -0.387 e. The van der Waals surface area contributed by atoms with Crippen molar-refractivity contribution in [3.05, 3.63) is 47.1 Å². The summed E-state index contributed by atoms with van der Waals surface area (Å²) >= 11 is 6.10. The average Bonchev–Trinajstić information content (AvgIpc) is 3.29.